The molecule has 3 aromatic rings. The van der Waals surface area contributed by atoms with Crippen molar-refractivity contribution in [1.29, 1.82) is 0 Å². The molecule has 0 saturated heterocycles. The van der Waals surface area contributed by atoms with Crippen molar-refractivity contribution >= 4 is 34.2 Å². The van der Waals surface area contributed by atoms with Crippen molar-refractivity contribution in [2.45, 2.75) is 32.1 Å². The van der Waals surface area contributed by atoms with Crippen molar-refractivity contribution in [1.82, 2.24) is 9.97 Å². The average Bonchev–Trinajstić information content (AvgIpc) is 3.07. The summed E-state index contributed by atoms with van der Waals surface area (Å²) >= 11 is 6.00. The lowest BCUT2D eigenvalue weighted by atomic mass is 9.88. The van der Waals surface area contributed by atoms with Gasteiger partial charge in [-0.2, -0.15) is 0 Å². The Morgan fingerprint density at radius 3 is 2.73 bits per heavy atom. The molecule has 1 aromatic heterocycles. The third-order valence-corrected chi connectivity index (χ3v) is 5.18. The first-order chi connectivity index (χ1) is 12.6. The van der Waals surface area contributed by atoms with Gasteiger partial charge in [0.15, 0.2) is 0 Å². The molecule has 0 radical (unpaired) electrons. The van der Waals surface area contributed by atoms with Crippen LogP contribution in [0.2, 0.25) is 5.02 Å². The number of benzene rings is 2. The number of hydrogen-bond donors (Lipinski definition) is 3. The number of rotatable bonds is 3. The predicted molar refractivity (Wildman–Crippen MR) is 103 cm³/mol. The Labute approximate surface area is 156 Å². The summed E-state index contributed by atoms with van der Waals surface area (Å²) < 4.78 is 0. The van der Waals surface area contributed by atoms with Crippen LogP contribution in [0.5, 0.6) is 5.75 Å². The summed E-state index contributed by atoms with van der Waals surface area (Å²) in [5.74, 6) is 0.710. The normalized spacial score (nSPS) is 15.3. The number of H-pyrrole nitrogens is 1. The van der Waals surface area contributed by atoms with Gasteiger partial charge in [-0.05, 0) is 49.2 Å². The molecule has 0 aliphatic heterocycles. The van der Waals surface area contributed by atoms with E-state index in [1.165, 1.54) is 6.42 Å². The molecule has 1 heterocycles. The van der Waals surface area contributed by atoms with E-state index in [-0.39, 0.29) is 17.6 Å². The van der Waals surface area contributed by atoms with Gasteiger partial charge in [-0.1, -0.05) is 30.9 Å². The molecule has 134 valence electrons. The van der Waals surface area contributed by atoms with Gasteiger partial charge >= 0.3 is 0 Å². The van der Waals surface area contributed by atoms with E-state index in [4.69, 9.17) is 11.6 Å². The van der Waals surface area contributed by atoms with Crippen LogP contribution in [0.25, 0.3) is 22.4 Å². The maximum atomic E-state index is 12.4. The van der Waals surface area contributed by atoms with Crippen LogP contribution in [-0.2, 0) is 4.79 Å². The molecule has 1 fully saturated rings. The molecule has 1 amide bonds. The summed E-state index contributed by atoms with van der Waals surface area (Å²) in [6.45, 7) is 0. The highest BCUT2D eigenvalue weighted by Gasteiger charge is 2.22. The fourth-order valence-electron chi connectivity index (χ4n) is 3.50. The van der Waals surface area contributed by atoms with Crippen molar-refractivity contribution in [3.05, 3.63) is 41.4 Å². The molecule has 5 nitrogen and oxygen atoms in total. The second kappa shape index (κ2) is 7.00. The van der Waals surface area contributed by atoms with Crippen molar-refractivity contribution in [3.8, 4) is 17.1 Å². The highest BCUT2D eigenvalue weighted by atomic mass is 35.5. The van der Waals surface area contributed by atoms with Crippen LogP contribution in [0.15, 0.2) is 36.4 Å². The number of nitrogens with one attached hydrogen (secondary N) is 2. The Morgan fingerprint density at radius 2 is 1.96 bits per heavy atom. The molecule has 2 aromatic carbocycles. The van der Waals surface area contributed by atoms with E-state index in [9.17, 15) is 9.90 Å². The van der Waals surface area contributed by atoms with Crippen molar-refractivity contribution in [3.63, 3.8) is 0 Å². The van der Waals surface area contributed by atoms with Crippen molar-refractivity contribution in [2.75, 3.05) is 5.32 Å². The molecule has 26 heavy (non-hydrogen) atoms. The van der Waals surface area contributed by atoms with E-state index in [1.54, 1.807) is 18.2 Å². The Hall–Kier alpha value is -2.53. The van der Waals surface area contributed by atoms with Crippen LogP contribution >= 0.6 is 11.6 Å². The fraction of sp³-hybridized carbons (Fsp3) is 0.300. The minimum absolute atomic E-state index is 0.00821. The molecule has 0 atom stereocenters. The van der Waals surface area contributed by atoms with Crippen molar-refractivity contribution in [2.24, 2.45) is 5.92 Å². The van der Waals surface area contributed by atoms with E-state index in [0.717, 1.165) is 42.3 Å². The zero-order chi connectivity index (χ0) is 18.1. The number of carbonyl (C=O) groups excluding carboxylic acids is 1. The van der Waals surface area contributed by atoms with Crippen LogP contribution in [-0.4, -0.2) is 21.0 Å². The standard InChI is InChI=1S/C20H20ClN3O2/c21-14-7-9-15-17(11-14)23-19(22-15)13-6-8-16(18(25)10-13)24-20(26)12-4-2-1-3-5-12/h6-12,25H,1-5H2,(H,22,23)(H,24,26). The third-order valence-electron chi connectivity index (χ3n) is 4.95. The molecule has 0 spiro atoms. The fourth-order valence-corrected chi connectivity index (χ4v) is 3.67. The Bertz CT molecular complexity index is 961. The lowest BCUT2D eigenvalue weighted by Gasteiger charge is -2.21. The van der Waals surface area contributed by atoms with Crippen LogP contribution in [0, 0.1) is 5.92 Å². The summed E-state index contributed by atoms with van der Waals surface area (Å²) in [4.78, 5) is 20.1. The first kappa shape index (κ1) is 16.9. The third kappa shape index (κ3) is 3.40. The van der Waals surface area contributed by atoms with E-state index >= 15 is 0 Å². The van der Waals surface area contributed by atoms with Crippen LogP contribution in [0.4, 0.5) is 5.69 Å². The van der Waals surface area contributed by atoms with Gasteiger partial charge in [0.25, 0.3) is 0 Å². The molecule has 0 unspecified atom stereocenters. The monoisotopic (exact) mass is 369 g/mol. The van der Waals surface area contributed by atoms with E-state index in [2.05, 4.69) is 15.3 Å². The van der Waals surface area contributed by atoms with E-state index in [0.29, 0.717) is 16.5 Å². The number of nitrogens with zero attached hydrogens (tertiary/aromatic N) is 1. The number of phenolic OH excluding ortho intramolecular Hbond substituents is 1. The number of amides is 1. The molecule has 6 heteroatoms. The number of carbonyl (C=O) groups is 1. The van der Waals surface area contributed by atoms with Gasteiger partial charge in [0, 0.05) is 16.5 Å². The largest absolute Gasteiger partial charge is 0.506 e. The number of aromatic nitrogens is 2. The number of phenols is 1. The van der Waals surface area contributed by atoms with Crippen molar-refractivity contribution < 1.29 is 9.90 Å². The van der Waals surface area contributed by atoms with Gasteiger partial charge < -0.3 is 15.4 Å². The number of aromatic amines is 1. The first-order valence-corrected chi connectivity index (χ1v) is 9.27. The Morgan fingerprint density at radius 1 is 1.15 bits per heavy atom. The summed E-state index contributed by atoms with van der Waals surface area (Å²) in [7, 11) is 0. The first-order valence-electron chi connectivity index (χ1n) is 8.90. The molecule has 0 bridgehead atoms. The molecule has 4 rings (SSSR count). The number of aromatic hydroxyl groups is 1. The maximum absolute atomic E-state index is 12.4. The topological polar surface area (TPSA) is 78.0 Å². The van der Waals surface area contributed by atoms with Gasteiger partial charge in [-0.15, -0.1) is 0 Å². The van der Waals surface area contributed by atoms with E-state index in [1.807, 2.05) is 18.2 Å². The van der Waals surface area contributed by atoms with Gasteiger partial charge in [0.05, 0.1) is 16.7 Å². The zero-order valence-corrected chi connectivity index (χ0v) is 15.0. The average molecular weight is 370 g/mol. The molecular formula is C20H20ClN3O2. The van der Waals surface area contributed by atoms with Gasteiger partial charge in [0.2, 0.25) is 5.91 Å². The van der Waals surface area contributed by atoms with Gasteiger partial charge in [-0.3, -0.25) is 4.79 Å². The molecule has 3 N–H and O–H groups in total. The lowest BCUT2D eigenvalue weighted by Crippen LogP contribution is -2.24. The summed E-state index contributed by atoms with van der Waals surface area (Å²) in [5.41, 5.74) is 2.81. The van der Waals surface area contributed by atoms with E-state index < -0.39 is 0 Å². The molecular weight excluding hydrogens is 350 g/mol. The quantitative estimate of drug-likeness (QED) is 0.561. The lowest BCUT2D eigenvalue weighted by molar-refractivity contribution is -0.120. The second-order valence-corrected chi connectivity index (χ2v) is 7.24. The highest BCUT2D eigenvalue weighted by Crippen LogP contribution is 2.32. The van der Waals surface area contributed by atoms with Crippen LogP contribution in [0.1, 0.15) is 32.1 Å². The predicted octanol–water partition coefficient (Wildman–Crippen LogP) is 5.11. The number of fused-ring (bicyclic) bond motifs is 1. The van der Waals surface area contributed by atoms with Gasteiger partial charge in [0.1, 0.15) is 11.6 Å². The minimum Gasteiger partial charge on any atom is -0.506 e. The number of hydrogen-bond acceptors (Lipinski definition) is 3. The highest BCUT2D eigenvalue weighted by molar-refractivity contribution is 6.31. The number of halogens is 1. The molecule has 1 saturated carbocycles. The summed E-state index contributed by atoms with van der Waals surface area (Å²) in [6, 6.07) is 10.6. The summed E-state index contributed by atoms with van der Waals surface area (Å²) in [5, 5.41) is 13.8. The van der Waals surface area contributed by atoms with Crippen LogP contribution < -0.4 is 5.32 Å². The Kier molecular flexibility index (Phi) is 4.55. The number of anilines is 1. The SMILES string of the molecule is O=C(Nc1ccc(-c2nc3ccc(Cl)cc3[nH]2)cc1O)C1CCCCC1. The van der Waals surface area contributed by atoms with Crippen LogP contribution in [0.3, 0.4) is 0 Å². The Balaban J connectivity index is 1.55. The summed E-state index contributed by atoms with van der Waals surface area (Å²) in [6.07, 6.45) is 5.24. The smallest absolute Gasteiger partial charge is 0.227 e. The second-order valence-electron chi connectivity index (χ2n) is 6.80. The zero-order valence-electron chi connectivity index (χ0n) is 14.3. The minimum atomic E-state index is -0.00821. The van der Waals surface area contributed by atoms with Gasteiger partial charge in [-0.25, -0.2) is 4.98 Å². The number of imidazole rings is 1. The molecule has 1 aliphatic rings. The molecule has 1 aliphatic carbocycles. The maximum Gasteiger partial charge on any atom is 0.227 e.